The molecule has 6 nitrogen and oxygen atoms in total. The van der Waals surface area contributed by atoms with E-state index in [1.807, 2.05) is 12.6 Å². The predicted octanol–water partition coefficient (Wildman–Crippen LogP) is 19.3. The van der Waals surface area contributed by atoms with Gasteiger partial charge < -0.3 is 19.8 Å². The summed E-state index contributed by atoms with van der Waals surface area (Å²) in [6.45, 7) is 10.3. The van der Waals surface area contributed by atoms with Crippen molar-refractivity contribution in [2.75, 3.05) is 0 Å². The molecule has 382 valence electrons. The van der Waals surface area contributed by atoms with Gasteiger partial charge in [-0.3, -0.25) is 17.4 Å². The summed E-state index contributed by atoms with van der Waals surface area (Å²) in [6, 6.07) is 0. The molecule has 0 aliphatic rings. The molecule has 2 N–H and O–H groups in total. The van der Waals surface area contributed by atoms with Crippen molar-refractivity contribution < 1.29 is 48.3 Å². The molecule has 0 atom stereocenters. The number of carbonyl (C=O) groups excluding carboxylic acids is 2. The molecule has 0 rings (SSSR count). The van der Waals surface area contributed by atoms with Crippen molar-refractivity contribution in [3.8, 4) is 0 Å². The van der Waals surface area contributed by atoms with E-state index in [0.29, 0.717) is 19.3 Å². The number of hydrogen-bond donors (Lipinski definition) is 2. The van der Waals surface area contributed by atoms with Crippen molar-refractivity contribution in [1.29, 1.82) is 0 Å². The van der Waals surface area contributed by atoms with Gasteiger partial charge in [-0.25, -0.2) is 0 Å². The molecule has 0 saturated carbocycles. The molecule has 0 bridgehead atoms. The first-order chi connectivity index (χ1) is 31.3. The first kappa shape index (κ1) is 72.3. The van der Waals surface area contributed by atoms with E-state index in [9.17, 15) is 14.4 Å². The Morgan fingerprint density at radius 3 is 0.625 bits per heavy atom. The van der Waals surface area contributed by atoms with Gasteiger partial charge in [0.05, 0.1) is 0 Å². The fourth-order valence-corrected chi connectivity index (χ4v) is 7.78. The summed E-state index contributed by atoms with van der Waals surface area (Å²) in [5.74, 6) is -0.653. The number of aliphatic hydroxyl groups is 1. The van der Waals surface area contributed by atoms with Crippen molar-refractivity contribution in [3.05, 3.63) is 0 Å². The maximum atomic E-state index is 10.3. The second kappa shape index (κ2) is 76.5. The van der Waals surface area contributed by atoms with Gasteiger partial charge in [-0.2, -0.15) is 12.8 Å². The van der Waals surface area contributed by atoms with Crippen LogP contribution < -0.4 is 0 Å². The third-order valence-corrected chi connectivity index (χ3v) is 11.8. The van der Waals surface area contributed by atoms with Crippen LogP contribution in [0, 0.1) is 0 Å². The molecule has 0 radical (unpaired) electrons. The summed E-state index contributed by atoms with van der Waals surface area (Å²) in [7, 11) is 0. The Morgan fingerprint density at radius 2 is 0.484 bits per heavy atom. The minimum atomic E-state index is -0.653. The van der Waals surface area contributed by atoms with E-state index in [0.717, 1.165) is 46.1 Å². The number of aliphatic carboxylic acids is 1. The Bertz CT molecular complexity index is 753. The van der Waals surface area contributed by atoms with Gasteiger partial charge in [0.15, 0.2) is 0 Å². The summed E-state index contributed by atoms with van der Waals surface area (Å²) in [4.78, 5) is 30.4. The van der Waals surface area contributed by atoms with Crippen molar-refractivity contribution >= 4 is 18.5 Å². The molecule has 7 heteroatoms. The Hall–Kier alpha value is -0.716. The van der Waals surface area contributed by atoms with Crippen LogP contribution >= 0.6 is 0 Å². The zero-order chi connectivity index (χ0) is 48.5. The van der Waals surface area contributed by atoms with Gasteiger partial charge in [-0.15, -0.1) is 0 Å². The Balaban J connectivity index is -0.000000255. The van der Waals surface area contributed by atoms with Crippen LogP contribution in [0.5, 0.6) is 0 Å². The molecule has 64 heavy (non-hydrogen) atoms. The molecule has 0 aliphatic heterocycles. The second-order valence-corrected chi connectivity index (χ2v) is 18.9. The van der Waals surface area contributed by atoms with Gasteiger partial charge in [0.2, 0.25) is 0 Å². The van der Waals surface area contributed by atoms with E-state index in [1.54, 1.807) is 13.8 Å². The zero-order valence-electron chi connectivity index (χ0n) is 44.0. The third kappa shape index (κ3) is 95.5. The number of rotatable bonds is 48. The SMILES string of the molecule is CC(C)O.CCCCCCCCCCCCCCCCCC(=O)O.CCCCCCCCCCCCCCCCC[C-]=O.CCCCCCCCCCCCCCCCC[C-]=O.[O]=[Ti+2]. The third-order valence-electron chi connectivity index (χ3n) is 11.8. The number of hydrogen-bond acceptors (Lipinski definition) is 5. The maximum absolute atomic E-state index is 10.3. The normalized spacial score (nSPS) is 10.5. The molecule has 0 aromatic heterocycles. The topological polar surface area (TPSA) is 109 Å². The van der Waals surface area contributed by atoms with Crippen LogP contribution in [0.1, 0.15) is 343 Å². The van der Waals surface area contributed by atoms with Gasteiger partial charge in [0, 0.05) is 12.5 Å². The number of carbonyl (C=O) groups is 1. The van der Waals surface area contributed by atoms with Crippen molar-refractivity contribution in [3.63, 3.8) is 0 Å². The van der Waals surface area contributed by atoms with Gasteiger partial charge in [-0.1, -0.05) is 303 Å². The standard InChI is InChI=1S/C18H36O2.2C18H35O.C3H8O.O.Ti/c1-2-3-4-5-6-7-8-9-10-11-12-13-14-15-16-17-18(19)20;2*1-2-3-4-5-6-7-8-9-10-11-12-13-14-15-16-17-18-19;1-3(2)4;;/h2-17H2,1H3,(H,19,20);2*2-17H2,1H3;3-4H,1-2H3;;/q;2*-1;;;+2. The Morgan fingerprint density at radius 1 is 0.344 bits per heavy atom. The Labute approximate surface area is 413 Å². The van der Waals surface area contributed by atoms with E-state index >= 15 is 0 Å². The molecule has 0 unspecified atom stereocenters. The van der Waals surface area contributed by atoms with E-state index in [2.05, 4.69) is 20.8 Å². The fraction of sp³-hybridized carbons (Fsp3) is 0.947. The Kier molecular flexibility index (Phi) is 86.4. The average Bonchev–Trinajstić information content (AvgIpc) is 3.28. The van der Waals surface area contributed by atoms with Crippen molar-refractivity contribution in [1.82, 2.24) is 0 Å². The first-order valence-electron chi connectivity index (χ1n) is 28.1. The minimum absolute atomic E-state index is 0.167. The number of carboxylic acid groups (broad SMARTS) is 1. The van der Waals surface area contributed by atoms with Crippen LogP contribution in [-0.2, 0) is 38.1 Å². The van der Waals surface area contributed by atoms with Gasteiger partial charge in [-0.05, 0) is 20.3 Å². The predicted molar refractivity (Wildman–Crippen MR) is 276 cm³/mol. The van der Waals surface area contributed by atoms with Crippen LogP contribution in [-0.4, -0.2) is 34.9 Å². The summed E-state index contributed by atoms with van der Waals surface area (Å²) in [5, 5.41) is 16.6. The molecule has 0 aromatic rings. The molecule has 0 spiro atoms. The molecule has 0 saturated heterocycles. The number of carboxylic acids is 1. The van der Waals surface area contributed by atoms with Gasteiger partial charge in [0.25, 0.3) is 0 Å². The summed E-state index contributed by atoms with van der Waals surface area (Å²) >= 11 is 0.750. The van der Waals surface area contributed by atoms with Crippen molar-refractivity contribution in [2.45, 2.75) is 349 Å². The molecule has 0 amide bonds. The fourth-order valence-electron chi connectivity index (χ4n) is 7.78. The summed E-state index contributed by atoms with van der Waals surface area (Å²) in [6.07, 6.45) is 66.4. The van der Waals surface area contributed by atoms with Crippen LogP contribution in [0.2, 0.25) is 0 Å². The molecule has 0 fully saturated rings. The molecular formula is C57H114O6Ti. The molecule has 0 aromatic carbocycles. The van der Waals surface area contributed by atoms with Crippen molar-refractivity contribution in [2.24, 2.45) is 0 Å². The van der Waals surface area contributed by atoms with E-state index in [-0.39, 0.29) is 6.10 Å². The summed E-state index contributed by atoms with van der Waals surface area (Å²) in [5.41, 5.74) is 0. The molecular weight excluding hydrogens is 828 g/mol. The van der Waals surface area contributed by atoms with E-state index in [4.69, 9.17) is 13.5 Å². The number of aliphatic hydroxyl groups excluding tert-OH is 1. The first-order valence-corrected chi connectivity index (χ1v) is 28.8. The van der Waals surface area contributed by atoms with Crippen LogP contribution in [0.3, 0.4) is 0 Å². The second-order valence-electron chi connectivity index (χ2n) is 18.9. The van der Waals surface area contributed by atoms with E-state index in [1.165, 1.54) is 263 Å². The number of unbranched alkanes of at least 4 members (excludes halogenated alkanes) is 44. The van der Waals surface area contributed by atoms with Gasteiger partial charge >= 0.3 is 29.7 Å². The van der Waals surface area contributed by atoms with E-state index < -0.39 is 5.97 Å². The quantitative estimate of drug-likeness (QED) is 0.0357. The molecule has 0 aliphatic carbocycles. The van der Waals surface area contributed by atoms with Gasteiger partial charge in [0.1, 0.15) is 0 Å². The summed E-state index contributed by atoms with van der Waals surface area (Å²) < 4.78 is 8.25. The van der Waals surface area contributed by atoms with Crippen LogP contribution in [0.15, 0.2) is 0 Å². The monoisotopic (exact) mass is 943 g/mol. The average molecular weight is 943 g/mol. The van der Waals surface area contributed by atoms with Crippen LogP contribution in [0.4, 0.5) is 0 Å². The zero-order valence-corrected chi connectivity index (χ0v) is 45.6. The molecule has 0 heterocycles. The van der Waals surface area contributed by atoms with Crippen LogP contribution in [0.25, 0.3) is 0 Å².